The normalized spacial score (nSPS) is 15.9. The van der Waals surface area contributed by atoms with Gasteiger partial charge >= 0.3 is 0 Å². The zero-order valence-electron chi connectivity index (χ0n) is 13.3. The van der Waals surface area contributed by atoms with Crippen molar-refractivity contribution in [3.05, 3.63) is 24.3 Å². The molecule has 0 spiro atoms. The van der Waals surface area contributed by atoms with Crippen molar-refractivity contribution in [2.24, 2.45) is 5.92 Å². The van der Waals surface area contributed by atoms with E-state index in [1.165, 1.54) is 32.1 Å². The molecule has 1 aliphatic rings. The fourth-order valence-corrected chi connectivity index (χ4v) is 2.79. The lowest BCUT2D eigenvalue weighted by Crippen LogP contribution is -2.28. The van der Waals surface area contributed by atoms with E-state index in [2.05, 4.69) is 12.2 Å². The molecule has 0 bridgehead atoms. The SMILES string of the molecule is CCCOc1ccc(OCCNCC2CCCCC2)cc1. The first-order chi connectivity index (χ1) is 10.4. The Morgan fingerprint density at radius 2 is 1.57 bits per heavy atom. The van der Waals surface area contributed by atoms with E-state index in [0.29, 0.717) is 0 Å². The summed E-state index contributed by atoms with van der Waals surface area (Å²) in [6.07, 6.45) is 8.08. The molecule has 0 atom stereocenters. The van der Waals surface area contributed by atoms with Crippen molar-refractivity contribution in [2.75, 3.05) is 26.3 Å². The van der Waals surface area contributed by atoms with Crippen molar-refractivity contribution in [3.8, 4) is 11.5 Å². The van der Waals surface area contributed by atoms with Crippen LogP contribution in [0, 0.1) is 5.92 Å². The van der Waals surface area contributed by atoms with Crippen molar-refractivity contribution in [1.82, 2.24) is 5.32 Å². The first-order valence-corrected chi connectivity index (χ1v) is 8.45. The van der Waals surface area contributed by atoms with Gasteiger partial charge in [0.05, 0.1) is 6.61 Å². The van der Waals surface area contributed by atoms with Gasteiger partial charge in [0.2, 0.25) is 0 Å². The first kappa shape index (κ1) is 16.2. The first-order valence-electron chi connectivity index (χ1n) is 8.45. The lowest BCUT2D eigenvalue weighted by molar-refractivity contribution is 0.292. The topological polar surface area (TPSA) is 30.5 Å². The molecule has 3 heteroatoms. The molecular formula is C18H29NO2. The highest BCUT2D eigenvalue weighted by Crippen LogP contribution is 2.22. The minimum Gasteiger partial charge on any atom is -0.494 e. The predicted octanol–water partition coefficient (Wildman–Crippen LogP) is 4.02. The van der Waals surface area contributed by atoms with Gasteiger partial charge in [-0.15, -0.1) is 0 Å². The van der Waals surface area contributed by atoms with E-state index in [1.807, 2.05) is 24.3 Å². The minimum atomic E-state index is 0.724. The second-order valence-corrected chi connectivity index (χ2v) is 5.88. The van der Waals surface area contributed by atoms with Crippen molar-refractivity contribution in [1.29, 1.82) is 0 Å². The average Bonchev–Trinajstić information content (AvgIpc) is 2.55. The van der Waals surface area contributed by atoms with E-state index in [4.69, 9.17) is 9.47 Å². The molecule has 0 unspecified atom stereocenters. The third kappa shape index (κ3) is 6.38. The molecule has 1 aromatic carbocycles. The highest BCUT2D eigenvalue weighted by molar-refractivity contribution is 5.31. The van der Waals surface area contributed by atoms with Crippen LogP contribution in [0.2, 0.25) is 0 Å². The highest BCUT2D eigenvalue weighted by atomic mass is 16.5. The van der Waals surface area contributed by atoms with Crippen molar-refractivity contribution in [2.45, 2.75) is 45.4 Å². The molecule has 0 radical (unpaired) electrons. The lowest BCUT2D eigenvalue weighted by Gasteiger charge is -2.21. The van der Waals surface area contributed by atoms with E-state index >= 15 is 0 Å². The number of benzene rings is 1. The largest absolute Gasteiger partial charge is 0.494 e. The summed E-state index contributed by atoms with van der Waals surface area (Å²) in [5, 5.41) is 3.51. The van der Waals surface area contributed by atoms with E-state index in [0.717, 1.165) is 50.1 Å². The van der Waals surface area contributed by atoms with Gasteiger partial charge < -0.3 is 14.8 Å². The maximum absolute atomic E-state index is 5.74. The van der Waals surface area contributed by atoms with E-state index in [9.17, 15) is 0 Å². The second kappa shape index (κ2) is 9.67. The van der Waals surface area contributed by atoms with E-state index in [1.54, 1.807) is 0 Å². The summed E-state index contributed by atoms with van der Waals surface area (Å²) in [6.45, 7) is 5.67. The quantitative estimate of drug-likeness (QED) is 0.697. The lowest BCUT2D eigenvalue weighted by atomic mass is 9.89. The molecule has 0 aromatic heterocycles. The Morgan fingerprint density at radius 3 is 2.19 bits per heavy atom. The van der Waals surface area contributed by atoms with Gasteiger partial charge in [-0.2, -0.15) is 0 Å². The van der Waals surface area contributed by atoms with Crippen LogP contribution in [0.1, 0.15) is 45.4 Å². The molecule has 1 saturated carbocycles. The molecule has 2 rings (SSSR count). The second-order valence-electron chi connectivity index (χ2n) is 5.88. The number of hydrogen-bond acceptors (Lipinski definition) is 3. The Balaban J connectivity index is 1.55. The van der Waals surface area contributed by atoms with Crippen LogP contribution in [0.4, 0.5) is 0 Å². The molecule has 118 valence electrons. The van der Waals surface area contributed by atoms with Crippen LogP contribution < -0.4 is 14.8 Å². The van der Waals surface area contributed by atoms with Gasteiger partial charge in [-0.25, -0.2) is 0 Å². The van der Waals surface area contributed by atoms with Gasteiger partial charge in [-0.05, 0) is 56.0 Å². The Bertz CT molecular complexity index is 371. The van der Waals surface area contributed by atoms with Crippen LogP contribution in [0.15, 0.2) is 24.3 Å². The van der Waals surface area contributed by atoms with Crippen LogP contribution in [-0.2, 0) is 0 Å². The number of ether oxygens (including phenoxy) is 2. The molecule has 3 nitrogen and oxygen atoms in total. The number of nitrogens with one attached hydrogen (secondary N) is 1. The summed E-state index contributed by atoms with van der Waals surface area (Å²) in [5.41, 5.74) is 0. The number of hydrogen-bond donors (Lipinski definition) is 1. The monoisotopic (exact) mass is 291 g/mol. The maximum atomic E-state index is 5.74. The Kier molecular flexibility index (Phi) is 7.44. The minimum absolute atomic E-state index is 0.724. The molecule has 1 aromatic rings. The predicted molar refractivity (Wildman–Crippen MR) is 87.2 cm³/mol. The summed E-state index contributed by atoms with van der Waals surface area (Å²) in [4.78, 5) is 0. The van der Waals surface area contributed by atoms with Crippen LogP contribution in [-0.4, -0.2) is 26.3 Å². The van der Waals surface area contributed by atoms with Gasteiger partial charge in [0.1, 0.15) is 18.1 Å². The van der Waals surface area contributed by atoms with Crippen LogP contribution in [0.5, 0.6) is 11.5 Å². The van der Waals surface area contributed by atoms with Crippen LogP contribution in [0.25, 0.3) is 0 Å². The Morgan fingerprint density at radius 1 is 0.952 bits per heavy atom. The third-order valence-corrected chi connectivity index (χ3v) is 4.00. The maximum Gasteiger partial charge on any atom is 0.119 e. The summed E-state index contributed by atoms with van der Waals surface area (Å²) in [5.74, 6) is 2.71. The van der Waals surface area contributed by atoms with E-state index in [-0.39, 0.29) is 0 Å². The van der Waals surface area contributed by atoms with Crippen LogP contribution in [0.3, 0.4) is 0 Å². The molecule has 0 aliphatic heterocycles. The summed E-state index contributed by atoms with van der Waals surface area (Å²) in [6, 6.07) is 7.90. The zero-order chi connectivity index (χ0) is 14.8. The van der Waals surface area contributed by atoms with Gasteiger partial charge in [0.25, 0.3) is 0 Å². The van der Waals surface area contributed by atoms with Gasteiger partial charge in [0.15, 0.2) is 0 Å². The summed E-state index contributed by atoms with van der Waals surface area (Å²) in [7, 11) is 0. The van der Waals surface area contributed by atoms with Crippen molar-refractivity contribution < 1.29 is 9.47 Å². The Hall–Kier alpha value is -1.22. The van der Waals surface area contributed by atoms with Gasteiger partial charge in [-0.3, -0.25) is 0 Å². The highest BCUT2D eigenvalue weighted by Gasteiger charge is 2.12. The third-order valence-electron chi connectivity index (χ3n) is 4.00. The summed E-state index contributed by atoms with van der Waals surface area (Å²) < 4.78 is 11.3. The average molecular weight is 291 g/mol. The fraction of sp³-hybridized carbons (Fsp3) is 0.667. The molecule has 1 aliphatic carbocycles. The molecule has 0 saturated heterocycles. The zero-order valence-corrected chi connectivity index (χ0v) is 13.3. The van der Waals surface area contributed by atoms with E-state index < -0.39 is 0 Å². The standard InChI is InChI=1S/C18H29NO2/c1-2-13-20-17-8-10-18(11-9-17)21-14-12-19-15-16-6-4-3-5-7-16/h8-11,16,19H,2-7,12-15H2,1H3. The molecule has 0 amide bonds. The Labute approximate surface area is 129 Å². The summed E-state index contributed by atoms with van der Waals surface area (Å²) >= 11 is 0. The molecule has 1 N–H and O–H groups in total. The molecular weight excluding hydrogens is 262 g/mol. The van der Waals surface area contributed by atoms with Crippen molar-refractivity contribution >= 4 is 0 Å². The van der Waals surface area contributed by atoms with Crippen molar-refractivity contribution in [3.63, 3.8) is 0 Å². The fourth-order valence-electron chi connectivity index (χ4n) is 2.79. The number of rotatable bonds is 9. The van der Waals surface area contributed by atoms with Gasteiger partial charge in [-0.1, -0.05) is 26.2 Å². The smallest absolute Gasteiger partial charge is 0.119 e. The molecule has 0 heterocycles. The molecule has 1 fully saturated rings. The van der Waals surface area contributed by atoms with Gasteiger partial charge in [0, 0.05) is 6.54 Å². The molecule has 21 heavy (non-hydrogen) atoms. The van der Waals surface area contributed by atoms with Crippen LogP contribution >= 0.6 is 0 Å².